The van der Waals surface area contributed by atoms with E-state index >= 15 is 0 Å². The second kappa shape index (κ2) is 5.84. The average molecular weight is 324 g/mol. The van der Waals surface area contributed by atoms with Gasteiger partial charge in [0.25, 0.3) is 0 Å². The standard InChI is InChI=1S/C14H14BrNO3/c1-17-13-7-11(16)12(8-14(13)18-2)19-10-5-3-9(15)4-6-10/h3-8H,16H2,1-2H3. The second-order valence-corrected chi connectivity index (χ2v) is 4.72. The van der Waals surface area contributed by atoms with Gasteiger partial charge in [-0.1, -0.05) is 15.9 Å². The van der Waals surface area contributed by atoms with Crippen LogP contribution in [0.2, 0.25) is 0 Å². The number of ether oxygens (including phenoxy) is 3. The van der Waals surface area contributed by atoms with Crippen molar-refractivity contribution in [3.63, 3.8) is 0 Å². The number of methoxy groups -OCH3 is 2. The maximum Gasteiger partial charge on any atom is 0.164 e. The first-order valence-electron chi connectivity index (χ1n) is 5.59. The first-order chi connectivity index (χ1) is 9.13. The van der Waals surface area contributed by atoms with Crippen LogP contribution in [0.5, 0.6) is 23.0 Å². The first kappa shape index (κ1) is 13.5. The van der Waals surface area contributed by atoms with Gasteiger partial charge in [0.1, 0.15) is 5.75 Å². The molecule has 0 spiro atoms. The van der Waals surface area contributed by atoms with E-state index in [1.165, 1.54) is 0 Å². The van der Waals surface area contributed by atoms with Crippen LogP contribution in [0.15, 0.2) is 40.9 Å². The highest BCUT2D eigenvalue weighted by Gasteiger charge is 2.10. The van der Waals surface area contributed by atoms with Crippen LogP contribution in [-0.2, 0) is 0 Å². The zero-order valence-electron chi connectivity index (χ0n) is 10.6. The van der Waals surface area contributed by atoms with Crippen molar-refractivity contribution in [1.29, 1.82) is 0 Å². The molecule has 0 atom stereocenters. The minimum Gasteiger partial charge on any atom is -0.493 e. The topological polar surface area (TPSA) is 53.7 Å². The summed E-state index contributed by atoms with van der Waals surface area (Å²) in [6, 6.07) is 10.9. The van der Waals surface area contributed by atoms with Crippen molar-refractivity contribution in [3.8, 4) is 23.0 Å². The Bertz CT molecular complexity index is 570. The third-order valence-electron chi connectivity index (χ3n) is 2.56. The van der Waals surface area contributed by atoms with Crippen LogP contribution >= 0.6 is 15.9 Å². The number of hydrogen-bond donors (Lipinski definition) is 1. The van der Waals surface area contributed by atoms with Gasteiger partial charge in [-0.15, -0.1) is 0 Å². The first-order valence-corrected chi connectivity index (χ1v) is 6.38. The monoisotopic (exact) mass is 323 g/mol. The zero-order valence-corrected chi connectivity index (χ0v) is 12.2. The van der Waals surface area contributed by atoms with Gasteiger partial charge in [0.15, 0.2) is 17.2 Å². The minimum atomic E-state index is 0.487. The highest BCUT2D eigenvalue weighted by molar-refractivity contribution is 9.10. The van der Waals surface area contributed by atoms with Gasteiger partial charge in [0, 0.05) is 16.6 Å². The van der Waals surface area contributed by atoms with Crippen molar-refractivity contribution in [2.45, 2.75) is 0 Å². The Balaban J connectivity index is 2.32. The number of benzene rings is 2. The average Bonchev–Trinajstić information content (AvgIpc) is 2.43. The predicted molar refractivity (Wildman–Crippen MR) is 78.2 cm³/mol. The fraction of sp³-hybridized carbons (Fsp3) is 0.143. The summed E-state index contributed by atoms with van der Waals surface area (Å²) in [6.07, 6.45) is 0. The maximum absolute atomic E-state index is 5.93. The molecule has 2 aromatic carbocycles. The quantitative estimate of drug-likeness (QED) is 0.868. The van der Waals surface area contributed by atoms with Gasteiger partial charge >= 0.3 is 0 Å². The molecule has 0 aliphatic rings. The Morgan fingerprint density at radius 1 is 0.895 bits per heavy atom. The molecule has 5 heteroatoms. The minimum absolute atomic E-state index is 0.487. The van der Waals surface area contributed by atoms with Crippen LogP contribution in [0.1, 0.15) is 0 Å². The van der Waals surface area contributed by atoms with E-state index in [0.29, 0.717) is 28.7 Å². The summed E-state index contributed by atoms with van der Waals surface area (Å²) in [5.41, 5.74) is 6.42. The summed E-state index contributed by atoms with van der Waals surface area (Å²) in [6.45, 7) is 0. The number of hydrogen-bond acceptors (Lipinski definition) is 4. The van der Waals surface area contributed by atoms with Gasteiger partial charge < -0.3 is 19.9 Å². The summed E-state index contributed by atoms with van der Waals surface area (Å²) in [7, 11) is 3.13. The van der Waals surface area contributed by atoms with Crippen molar-refractivity contribution >= 4 is 21.6 Å². The van der Waals surface area contributed by atoms with Crippen molar-refractivity contribution in [2.75, 3.05) is 20.0 Å². The normalized spacial score (nSPS) is 10.1. The highest BCUT2D eigenvalue weighted by Crippen LogP contribution is 2.38. The summed E-state index contributed by atoms with van der Waals surface area (Å²) in [5.74, 6) is 2.37. The van der Waals surface area contributed by atoms with E-state index in [2.05, 4.69) is 15.9 Å². The predicted octanol–water partition coefficient (Wildman–Crippen LogP) is 3.84. The Morgan fingerprint density at radius 2 is 1.47 bits per heavy atom. The molecular formula is C14H14BrNO3. The van der Waals surface area contributed by atoms with E-state index in [9.17, 15) is 0 Å². The second-order valence-electron chi connectivity index (χ2n) is 3.80. The summed E-state index contributed by atoms with van der Waals surface area (Å²) >= 11 is 3.37. The molecule has 0 amide bonds. The van der Waals surface area contributed by atoms with Gasteiger partial charge in [0.05, 0.1) is 19.9 Å². The molecule has 2 rings (SSSR count). The number of anilines is 1. The van der Waals surface area contributed by atoms with E-state index in [1.807, 2.05) is 24.3 Å². The molecule has 2 N–H and O–H groups in total. The van der Waals surface area contributed by atoms with E-state index in [-0.39, 0.29) is 0 Å². The van der Waals surface area contributed by atoms with Crippen LogP contribution in [0.3, 0.4) is 0 Å². The Kier molecular flexibility index (Phi) is 4.16. The van der Waals surface area contributed by atoms with Crippen LogP contribution in [0.4, 0.5) is 5.69 Å². The molecule has 0 aromatic heterocycles. The number of nitrogens with two attached hydrogens (primary N) is 1. The molecule has 0 heterocycles. The summed E-state index contributed by atoms with van der Waals surface area (Å²) in [5, 5.41) is 0. The van der Waals surface area contributed by atoms with Crippen molar-refractivity contribution in [1.82, 2.24) is 0 Å². The van der Waals surface area contributed by atoms with Gasteiger partial charge in [0.2, 0.25) is 0 Å². The highest BCUT2D eigenvalue weighted by atomic mass is 79.9. The summed E-state index contributed by atoms with van der Waals surface area (Å²) in [4.78, 5) is 0. The lowest BCUT2D eigenvalue weighted by Gasteiger charge is -2.13. The largest absolute Gasteiger partial charge is 0.493 e. The van der Waals surface area contributed by atoms with Crippen molar-refractivity contribution in [2.24, 2.45) is 0 Å². The van der Waals surface area contributed by atoms with E-state index in [1.54, 1.807) is 26.4 Å². The Hall–Kier alpha value is -1.88. The molecule has 0 fully saturated rings. The maximum atomic E-state index is 5.93. The smallest absolute Gasteiger partial charge is 0.164 e. The lowest BCUT2D eigenvalue weighted by atomic mass is 10.2. The van der Waals surface area contributed by atoms with Gasteiger partial charge in [-0.2, -0.15) is 0 Å². The fourth-order valence-electron chi connectivity index (χ4n) is 1.59. The lowest BCUT2D eigenvalue weighted by Crippen LogP contribution is -1.96. The molecule has 0 radical (unpaired) electrons. The number of halogens is 1. The molecule has 100 valence electrons. The van der Waals surface area contributed by atoms with Gasteiger partial charge in [-0.3, -0.25) is 0 Å². The third-order valence-corrected chi connectivity index (χ3v) is 3.09. The molecule has 0 saturated heterocycles. The molecular weight excluding hydrogens is 310 g/mol. The van der Waals surface area contributed by atoms with Gasteiger partial charge in [-0.25, -0.2) is 0 Å². The van der Waals surface area contributed by atoms with Crippen molar-refractivity contribution in [3.05, 3.63) is 40.9 Å². The molecule has 2 aromatic rings. The molecule has 19 heavy (non-hydrogen) atoms. The van der Waals surface area contributed by atoms with Crippen LogP contribution in [-0.4, -0.2) is 14.2 Å². The van der Waals surface area contributed by atoms with E-state index in [4.69, 9.17) is 19.9 Å². The van der Waals surface area contributed by atoms with E-state index < -0.39 is 0 Å². The zero-order chi connectivity index (χ0) is 13.8. The summed E-state index contributed by atoms with van der Waals surface area (Å²) < 4.78 is 17.1. The van der Waals surface area contributed by atoms with Crippen LogP contribution < -0.4 is 19.9 Å². The van der Waals surface area contributed by atoms with Crippen LogP contribution in [0, 0.1) is 0 Å². The van der Waals surface area contributed by atoms with E-state index in [0.717, 1.165) is 4.47 Å². The molecule has 0 unspecified atom stereocenters. The van der Waals surface area contributed by atoms with Crippen LogP contribution in [0.25, 0.3) is 0 Å². The molecule has 0 bridgehead atoms. The Labute approximate surface area is 120 Å². The SMILES string of the molecule is COc1cc(N)c(Oc2ccc(Br)cc2)cc1OC. The van der Waals surface area contributed by atoms with Crippen molar-refractivity contribution < 1.29 is 14.2 Å². The molecule has 4 nitrogen and oxygen atoms in total. The number of nitrogen functional groups attached to an aromatic ring is 1. The number of rotatable bonds is 4. The molecule has 0 aliphatic heterocycles. The lowest BCUT2D eigenvalue weighted by molar-refractivity contribution is 0.352. The fourth-order valence-corrected chi connectivity index (χ4v) is 1.86. The third kappa shape index (κ3) is 3.12. The molecule has 0 saturated carbocycles. The van der Waals surface area contributed by atoms with Gasteiger partial charge in [-0.05, 0) is 24.3 Å². The Morgan fingerprint density at radius 3 is 2.05 bits per heavy atom. The molecule has 0 aliphatic carbocycles.